The van der Waals surface area contributed by atoms with Gasteiger partial charge < -0.3 is 29.4 Å². The number of aromatic nitrogens is 1. The molecule has 3 aromatic rings. The van der Waals surface area contributed by atoms with Crippen molar-refractivity contribution in [2.45, 2.75) is 71.9 Å². The van der Waals surface area contributed by atoms with E-state index in [0.29, 0.717) is 22.9 Å². The Morgan fingerprint density at radius 3 is 2.55 bits per heavy atom. The first kappa shape index (κ1) is 29.4. The van der Waals surface area contributed by atoms with Gasteiger partial charge in [0.15, 0.2) is 0 Å². The number of piperidine rings is 1. The fraction of sp³-hybridized carbons (Fsp3) is 0.452. The van der Waals surface area contributed by atoms with Crippen molar-refractivity contribution in [3.63, 3.8) is 0 Å². The van der Waals surface area contributed by atoms with Gasteiger partial charge in [-0.1, -0.05) is 26.1 Å². The third kappa shape index (κ3) is 7.13. The van der Waals surface area contributed by atoms with Crippen LogP contribution >= 0.6 is 12.2 Å². The van der Waals surface area contributed by atoms with Crippen molar-refractivity contribution in [2.24, 2.45) is 5.92 Å². The quantitative estimate of drug-likeness (QED) is 0.228. The maximum Gasteiger partial charge on any atom is 0.410 e. The fourth-order valence-electron chi connectivity index (χ4n) is 5.10. The van der Waals surface area contributed by atoms with Crippen LogP contribution in [0.15, 0.2) is 42.6 Å². The molecule has 8 nitrogen and oxygen atoms in total. The monoisotopic (exact) mass is 565 g/mol. The molecule has 0 radical (unpaired) electrons. The zero-order chi connectivity index (χ0) is 29.0. The molecule has 4 rings (SSSR count). The van der Waals surface area contributed by atoms with E-state index in [1.807, 2.05) is 51.7 Å². The minimum absolute atomic E-state index is 0.0646. The highest BCUT2D eigenvalue weighted by Gasteiger charge is 2.26. The van der Waals surface area contributed by atoms with Crippen molar-refractivity contribution in [1.29, 1.82) is 0 Å². The molecule has 0 saturated carbocycles. The largest absolute Gasteiger partial charge is 0.508 e. The van der Waals surface area contributed by atoms with E-state index in [-0.39, 0.29) is 23.5 Å². The lowest BCUT2D eigenvalue weighted by Gasteiger charge is -2.33. The Bertz CT molecular complexity index is 1380. The number of ether oxygens (including phenoxy) is 2. The van der Waals surface area contributed by atoms with E-state index in [4.69, 9.17) is 21.7 Å². The fourth-order valence-corrected chi connectivity index (χ4v) is 5.38. The summed E-state index contributed by atoms with van der Waals surface area (Å²) >= 11 is 5.66. The number of anilines is 1. The molecule has 1 aromatic heterocycles. The van der Waals surface area contributed by atoms with E-state index < -0.39 is 5.60 Å². The van der Waals surface area contributed by atoms with Gasteiger partial charge in [0.1, 0.15) is 22.1 Å². The van der Waals surface area contributed by atoms with E-state index in [0.717, 1.165) is 61.1 Å². The number of amides is 1. The Morgan fingerprint density at radius 1 is 1.18 bits per heavy atom. The third-order valence-electron chi connectivity index (χ3n) is 7.24. The van der Waals surface area contributed by atoms with Crippen LogP contribution in [-0.4, -0.2) is 50.8 Å². The van der Waals surface area contributed by atoms with Gasteiger partial charge in [-0.05, 0) is 87.8 Å². The van der Waals surface area contributed by atoms with Crippen LogP contribution in [0.5, 0.6) is 11.5 Å². The number of benzene rings is 2. The molecule has 2 heterocycles. The SMILES string of the molecule is CC(C)c1cc(C(=S)Nc2ccc3c(ccn3CCC3CCN(C(=O)OC(C)(C)C)CC3)c2)c(OC=O)cc1O. The number of phenols is 1. The first-order valence-corrected chi connectivity index (χ1v) is 14.2. The van der Waals surface area contributed by atoms with Gasteiger partial charge in [0.05, 0.1) is 5.56 Å². The highest BCUT2D eigenvalue weighted by Crippen LogP contribution is 2.34. The number of likely N-dealkylation sites (tertiary alicyclic amines) is 1. The summed E-state index contributed by atoms with van der Waals surface area (Å²) in [6.45, 7) is 12.3. The smallest absolute Gasteiger partial charge is 0.410 e. The van der Waals surface area contributed by atoms with Gasteiger partial charge >= 0.3 is 6.09 Å². The maximum atomic E-state index is 12.3. The minimum Gasteiger partial charge on any atom is -0.508 e. The van der Waals surface area contributed by atoms with Gasteiger partial charge in [-0.15, -0.1) is 0 Å². The topological polar surface area (TPSA) is 93.0 Å². The van der Waals surface area contributed by atoms with Crippen LogP contribution in [0.4, 0.5) is 10.5 Å². The molecular formula is C31H39N3O5S. The van der Waals surface area contributed by atoms with Crippen molar-refractivity contribution < 1.29 is 24.2 Å². The lowest BCUT2D eigenvalue weighted by molar-refractivity contribution is -0.120. The summed E-state index contributed by atoms with van der Waals surface area (Å²) in [5.41, 5.74) is 2.75. The molecule has 1 fully saturated rings. The lowest BCUT2D eigenvalue weighted by Crippen LogP contribution is -2.41. The summed E-state index contributed by atoms with van der Waals surface area (Å²) in [7, 11) is 0. The van der Waals surface area contributed by atoms with Crippen LogP contribution in [0.2, 0.25) is 0 Å². The standard InChI is InChI=1S/C31H39N3O5S/c1-20(2)24-17-25(28(38-19-35)18-27(24)36)29(40)32-23-6-7-26-22(16-23)11-15-33(26)12-8-21-9-13-34(14-10-21)30(37)39-31(3,4)5/h6-7,11,15-21,36H,8-10,12-14H2,1-5H3,(H,32,40). The minimum atomic E-state index is -0.472. The van der Waals surface area contributed by atoms with E-state index in [1.165, 1.54) is 6.07 Å². The molecule has 40 heavy (non-hydrogen) atoms. The highest BCUT2D eigenvalue weighted by molar-refractivity contribution is 7.81. The molecule has 0 aliphatic carbocycles. The van der Waals surface area contributed by atoms with Gasteiger partial charge in [-0.2, -0.15) is 0 Å². The van der Waals surface area contributed by atoms with Crippen LogP contribution in [0.3, 0.4) is 0 Å². The predicted molar refractivity (Wildman–Crippen MR) is 161 cm³/mol. The average molecular weight is 566 g/mol. The summed E-state index contributed by atoms with van der Waals surface area (Å²) in [5, 5.41) is 14.7. The second-order valence-corrected chi connectivity index (χ2v) is 12.1. The van der Waals surface area contributed by atoms with Crippen molar-refractivity contribution in [3.8, 4) is 11.5 Å². The summed E-state index contributed by atoms with van der Waals surface area (Å²) < 4.78 is 12.9. The Hall–Kier alpha value is -3.59. The first-order valence-electron chi connectivity index (χ1n) is 13.8. The summed E-state index contributed by atoms with van der Waals surface area (Å²) in [4.78, 5) is 25.6. The molecule has 214 valence electrons. The molecule has 0 bridgehead atoms. The normalized spacial score (nSPS) is 14.4. The first-order chi connectivity index (χ1) is 18.9. The number of fused-ring (bicyclic) bond motifs is 1. The van der Waals surface area contributed by atoms with Crippen LogP contribution < -0.4 is 10.1 Å². The second-order valence-electron chi connectivity index (χ2n) is 11.7. The van der Waals surface area contributed by atoms with Gasteiger partial charge in [-0.25, -0.2) is 4.79 Å². The van der Waals surface area contributed by atoms with Crippen molar-refractivity contribution in [2.75, 3.05) is 18.4 Å². The van der Waals surface area contributed by atoms with Crippen molar-refractivity contribution >= 4 is 46.4 Å². The number of rotatable bonds is 8. The van der Waals surface area contributed by atoms with Crippen LogP contribution in [0.1, 0.15) is 70.9 Å². The Morgan fingerprint density at radius 2 is 1.90 bits per heavy atom. The molecular weight excluding hydrogens is 526 g/mol. The molecule has 9 heteroatoms. The Balaban J connectivity index is 1.38. The van der Waals surface area contributed by atoms with Gasteiger partial charge in [0.25, 0.3) is 6.47 Å². The molecule has 0 spiro atoms. The number of hydrogen-bond donors (Lipinski definition) is 2. The molecule has 1 saturated heterocycles. The third-order valence-corrected chi connectivity index (χ3v) is 7.57. The molecule has 2 aromatic carbocycles. The van der Waals surface area contributed by atoms with E-state index in [2.05, 4.69) is 28.2 Å². The van der Waals surface area contributed by atoms with E-state index >= 15 is 0 Å². The number of aryl methyl sites for hydroxylation is 1. The number of aromatic hydroxyl groups is 1. The predicted octanol–water partition coefficient (Wildman–Crippen LogP) is 6.83. The van der Waals surface area contributed by atoms with E-state index in [9.17, 15) is 14.7 Å². The number of carbonyl (C=O) groups is 2. The van der Waals surface area contributed by atoms with Gasteiger partial charge in [0, 0.05) is 48.5 Å². The summed E-state index contributed by atoms with van der Waals surface area (Å²) in [5.74, 6) is 0.909. The number of phenolic OH excluding ortho intramolecular Hbond substituents is 1. The number of nitrogens with zero attached hydrogens (tertiary/aromatic N) is 2. The number of nitrogens with one attached hydrogen (secondary N) is 1. The van der Waals surface area contributed by atoms with Crippen molar-refractivity contribution in [1.82, 2.24) is 9.47 Å². The maximum absolute atomic E-state index is 12.3. The second kappa shape index (κ2) is 12.3. The average Bonchev–Trinajstić information content (AvgIpc) is 3.29. The highest BCUT2D eigenvalue weighted by atomic mass is 32.1. The molecule has 1 aliphatic rings. The zero-order valence-electron chi connectivity index (χ0n) is 23.9. The van der Waals surface area contributed by atoms with Crippen LogP contribution in [0.25, 0.3) is 10.9 Å². The van der Waals surface area contributed by atoms with Crippen molar-refractivity contribution in [3.05, 3.63) is 53.7 Å². The number of carbonyl (C=O) groups excluding carboxylic acids is 2. The zero-order valence-corrected chi connectivity index (χ0v) is 24.7. The van der Waals surface area contributed by atoms with Crippen LogP contribution in [0, 0.1) is 5.92 Å². The summed E-state index contributed by atoms with van der Waals surface area (Å²) in [6, 6.07) is 11.4. The number of hydrogen-bond acceptors (Lipinski definition) is 6. The molecule has 0 unspecified atom stereocenters. The molecule has 1 aliphatic heterocycles. The molecule has 0 atom stereocenters. The summed E-state index contributed by atoms with van der Waals surface area (Å²) in [6.07, 6.45) is 4.90. The van der Waals surface area contributed by atoms with Gasteiger partial charge in [-0.3, -0.25) is 4.79 Å². The molecule has 2 N–H and O–H groups in total. The molecule has 1 amide bonds. The lowest BCUT2D eigenvalue weighted by atomic mass is 9.94. The van der Waals surface area contributed by atoms with Crippen LogP contribution in [-0.2, 0) is 16.1 Å². The Labute approximate surface area is 241 Å². The Kier molecular flexibility index (Phi) is 9.03. The number of thiocarbonyl (C=S) groups is 1. The van der Waals surface area contributed by atoms with E-state index in [1.54, 1.807) is 6.07 Å². The van der Waals surface area contributed by atoms with Gasteiger partial charge in [0.2, 0.25) is 0 Å².